The Hall–Kier alpha value is -2.91. The summed E-state index contributed by atoms with van der Waals surface area (Å²) in [5.74, 6) is -2.02. The van der Waals surface area contributed by atoms with E-state index >= 15 is 0 Å². The third-order valence-electron chi connectivity index (χ3n) is 3.31. The molecule has 0 bridgehead atoms. The molecule has 0 aromatic carbocycles. The Labute approximate surface area is 134 Å². The SMILES string of the molecule is C[C@H](NC(=O)c1c(C(=O)O)cnn1C)c1ccc(C(F)(F)F)nc1. The van der Waals surface area contributed by atoms with E-state index in [1.807, 2.05) is 0 Å². The lowest BCUT2D eigenvalue weighted by Crippen LogP contribution is -2.30. The zero-order valence-corrected chi connectivity index (χ0v) is 12.6. The van der Waals surface area contributed by atoms with Crippen molar-refractivity contribution in [2.75, 3.05) is 0 Å². The van der Waals surface area contributed by atoms with Crippen molar-refractivity contribution in [1.82, 2.24) is 20.1 Å². The van der Waals surface area contributed by atoms with Crippen molar-refractivity contribution < 1.29 is 27.9 Å². The van der Waals surface area contributed by atoms with Gasteiger partial charge in [0.2, 0.25) is 0 Å². The van der Waals surface area contributed by atoms with Gasteiger partial charge in [-0.2, -0.15) is 18.3 Å². The molecule has 1 atom stereocenters. The molecule has 2 heterocycles. The Bertz CT molecular complexity index is 769. The maximum absolute atomic E-state index is 12.5. The van der Waals surface area contributed by atoms with E-state index in [0.29, 0.717) is 5.56 Å². The Kier molecular flexibility index (Phi) is 4.58. The molecule has 2 aromatic heterocycles. The predicted molar refractivity (Wildman–Crippen MR) is 75.3 cm³/mol. The summed E-state index contributed by atoms with van der Waals surface area (Å²) in [5, 5.41) is 15.3. The van der Waals surface area contributed by atoms with Gasteiger partial charge in [-0.25, -0.2) is 4.79 Å². The van der Waals surface area contributed by atoms with Gasteiger partial charge in [0.05, 0.1) is 12.2 Å². The second-order valence-corrected chi connectivity index (χ2v) is 5.01. The third kappa shape index (κ3) is 3.53. The summed E-state index contributed by atoms with van der Waals surface area (Å²) in [6, 6.07) is 1.33. The van der Waals surface area contributed by atoms with Crippen LogP contribution in [0.4, 0.5) is 13.2 Å². The van der Waals surface area contributed by atoms with E-state index in [4.69, 9.17) is 5.11 Å². The van der Waals surface area contributed by atoms with Crippen LogP contribution in [-0.4, -0.2) is 31.7 Å². The molecule has 0 aliphatic heterocycles. The van der Waals surface area contributed by atoms with Crippen molar-refractivity contribution in [3.63, 3.8) is 0 Å². The van der Waals surface area contributed by atoms with Gasteiger partial charge in [0.1, 0.15) is 17.0 Å². The molecule has 0 aliphatic rings. The number of alkyl halides is 3. The number of aromatic carboxylic acids is 1. The molecular weight excluding hydrogens is 329 g/mol. The van der Waals surface area contributed by atoms with Crippen LogP contribution in [0, 0.1) is 0 Å². The zero-order chi connectivity index (χ0) is 18.1. The third-order valence-corrected chi connectivity index (χ3v) is 3.31. The molecule has 0 unspecified atom stereocenters. The highest BCUT2D eigenvalue weighted by molar-refractivity contribution is 6.03. The van der Waals surface area contributed by atoms with Gasteiger partial charge in [0.25, 0.3) is 5.91 Å². The molecule has 0 radical (unpaired) electrons. The van der Waals surface area contributed by atoms with E-state index in [2.05, 4.69) is 15.4 Å². The minimum atomic E-state index is -4.55. The van der Waals surface area contributed by atoms with Crippen LogP contribution in [0.15, 0.2) is 24.5 Å². The number of nitrogens with zero attached hydrogens (tertiary/aromatic N) is 3. The van der Waals surface area contributed by atoms with E-state index in [9.17, 15) is 22.8 Å². The van der Waals surface area contributed by atoms with Crippen LogP contribution in [-0.2, 0) is 13.2 Å². The Balaban J connectivity index is 2.18. The van der Waals surface area contributed by atoms with E-state index < -0.39 is 29.8 Å². The second-order valence-electron chi connectivity index (χ2n) is 5.01. The summed E-state index contributed by atoms with van der Waals surface area (Å²) >= 11 is 0. The highest BCUT2D eigenvalue weighted by Crippen LogP contribution is 2.27. The van der Waals surface area contributed by atoms with Crippen molar-refractivity contribution in [2.45, 2.75) is 19.1 Å². The van der Waals surface area contributed by atoms with Gasteiger partial charge in [0.15, 0.2) is 0 Å². The lowest BCUT2D eigenvalue weighted by molar-refractivity contribution is -0.141. The number of amides is 1. The van der Waals surface area contributed by atoms with Crippen molar-refractivity contribution >= 4 is 11.9 Å². The highest BCUT2D eigenvalue weighted by Gasteiger charge is 2.32. The van der Waals surface area contributed by atoms with Gasteiger partial charge in [-0.1, -0.05) is 6.07 Å². The molecule has 2 rings (SSSR count). The summed E-state index contributed by atoms with van der Waals surface area (Å²) < 4.78 is 38.6. The molecular formula is C14H13F3N4O3. The van der Waals surface area contributed by atoms with Gasteiger partial charge in [-0.3, -0.25) is 14.5 Å². The lowest BCUT2D eigenvalue weighted by atomic mass is 10.1. The second kappa shape index (κ2) is 6.30. The summed E-state index contributed by atoms with van der Waals surface area (Å²) in [4.78, 5) is 26.6. The van der Waals surface area contributed by atoms with E-state index in [1.165, 1.54) is 13.1 Å². The largest absolute Gasteiger partial charge is 0.478 e. The van der Waals surface area contributed by atoms with E-state index in [-0.39, 0.29) is 11.3 Å². The number of aryl methyl sites for hydroxylation is 1. The van der Waals surface area contributed by atoms with Crippen LogP contribution in [0.1, 0.15) is 45.1 Å². The average molecular weight is 342 g/mol. The van der Waals surface area contributed by atoms with Crippen molar-refractivity contribution in [3.8, 4) is 0 Å². The Morgan fingerprint density at radius 2 is 1.96 bits per heavy atom. The molecule has 7 nitrogen and oxygen atoms in total. The van der Waals surface area contributed by atoms with E-state index in [0.717, 1.165) is 23.1 Å². The number of carboxylic acid groups (broad SMARTS) is 1. The normalized spacial score (nSPS) is 12.7. The van der Waals surface area contributed by atoms with Gasteiger partial charge in [-0.15, -0.1) is 0 Å². The van der Waals surface area contributed by atoms with Crippen molar-refractivity contribution in [1.29, 1.82) is 0 Å². The van der Waals surface area contributed by atoms with Crippen LogP contribution in [0.5, 0.6) is 0 Å². The average Bonchev–Trinajstić information content (AvgIpc) is 2.88. The number of hydrogen-bond donors (Lipinski definition) is 2. The Morgan fingerprint density at radius 3 is 2.46 bits per heavy atom. The highest BCUT2D eigenvalue weighted by atomic mass is 19.4. The van der Waals surface area contributed by atoms with Gasteiger partial charge < -0.3 is 10.4 Å². The fraction of sp³-hybridized carbons (Fsp3) is 0.286. The molecule has 128 valence electrons. The predicted octanol–water partition coefficient (Wildman–Crippen LogP) is 2.02. The first-order chi connectivity index (χ1) is 11.1. The maximum atomic E-state index is 12.5. The van der Waals surface area contributed by atoms with Gasteiger partial charge in [0, 0.05) is 13.2 Å². The van der Waals surface area contributed by atoms with Crippen molar-refractivity contribution in [3.05, 3.63) is 47.0 Å². The number of pyridine rings is 1. The molecule has 0 aliphatic carbocycles. The van der Waals surface area contributed by atoms with Crippen LogP contribution >= 0.6 is 0 Å². The molecule has 2 aromatic rings. The smallest absolute Gasteiger partial charge is 0.433 e. The lowest BCUT2D eigenvalue weighted by Gasteiger charge is -2.15. The zero-order valence-electron chi connectivity index (χ0n) is 12.6. The molecule has 0 saturated heterocycles. The van der Waals surface area contributed by atoms with Gasteiger partial charge >= 0.3 is 12.1 Å². The fourth-order valence-electron chi connectivity index (χ4n) is 2.04. The quantitative estimate of drug-likeness (QED) is 0.886. The molecule has 0 saturated carbocycles. The van der Waals surface area contributed by atoms with E-state index in [1.54, 1.807) is 6.92 Å². The first-order valence-electron chi connectivity index (χ1n) is 6.70. The number of rotatable bonds is 4. The number of carboxylic acids is 1. The number of nitrogens with one attached hydrogen (secondary N) is 1. The first kappa shape index (κ1) is 17.4. The number of carbonyl (C=O) groups excluding carboxylic acids is 1. The maximum Gasteiger partial charge on any atom is 0.433 e. The summed E-state index contributed by atoms with van der Waals surface area (Å²) in [6.45, 7) is 1.54. The molecule has 0 spiro atoms. The molecule has 10 heteroatoms. The number of carbonyl (C=O) groups is 2. The minimum absolute atomic E-state index is 0.158. The summed E-state index contributed by atoms with van der Waals surface area (Å²) in [5.41, 5.74) is -1.12. The molecule has 1 amide bonds. The number of aromatic nitrogens is 3. The van der Waals surface area contributed by atoms with Gasteiger partial charge in [-0.05, 0) is 18.6 Å². The summed E-state index contributed by atoms with van der Waals surface area (Å²) in [7, 11) is 1.41. The molecule has 24 heavy (non-hydrogen) atoms. The van der Waals surface area contributed by atoms with Crippen LogP contribution in [0.3, 0.4) is 0 Å². The standard InChI is InChI=1S/C14H13F3N4O3/c1-7(8-3-4-10(18-5-8)14(15,16)17)20-12(22)11-9(13(23)24)6-19-21(11)2/h3-7H,1-2H3,(H,20,22)(H,23,24)/t7-/m0/s1. The number of hydrogen-bond acceptors (Lipinski definition) is 4. The first-order valence-corrected chi connectivity index (χ1v) is 6.70. The fourth-order valence-corrected chi connectivity index (χ4v) is 2.04. The minimum Gasteiger partial charge on any atom is -0.478 e. The van der Waals surface area contributed by atoms with Crippen LogP contribution in [0.25, 0.3) is 0 Å². The van der Waals surface area contributed by atoms with Crippen LogP contribution in [0.2, 0.25) is 0 Å². The molecule has 0 fully saturated rings. The molecule has 2 N–H and O–H groups in total. The van der Waals surface area contributed by atoms with Crippen molar-refractivity contribution in [2.24, 2.45) is 7.05 Å². The van der Waals surface area contributed by atoms with Crippen LogP contribution < -0.4 is 5.32 Å². The monoisotopic (exact) mass is 342 g/mol. The number of halogens is 3. The Morgan fingerprint density at radius 1 is 1.29 bits per heavy atom. The summed E-state index contributed by atoms with van der Waals surface area (Å²) in [6.07, 6.45) is -2.49. The topological polar surface area (TPSA) is 97.1 Å².